The molecule has 2 N–H and O–H groups in total. The minimum atomic E-state index is -0.231. The number of hydrogen-bond acceptors (Lipinski definition) is 6. The molecule has 1 aliphatic rings. The Labute approximate surface area is 155 Å². The zero-order chi connectivity index (χ0) is 18.6. The van der Waals surface area contributed by atoms with Gasteiger partial charge in [-0.1, -0.05) is 30.3 Å². The van der Waals surface area contributed by atoms with E-state index in [0.29, 0.717) is 31.1 Å². The second-order valence-electron chi connectivity index (χ2n) is 6.31. The van der Waals surface area contributed by atoms with Crippen molar-refractivity contribution in [3.63, 3.8) is 0 Å². The Bertz CT molecular complexity index is 942. The zero-order valence-electron chi connectivity index (χ0n) is 14.8. The van der Waals surface area contributed by atoms with Crippen LogP contribution in [-0.4, -0.2) is 40.2 Å². The monoisotopic (exact) mass is 365 g/mol. The highest BCUT2D eigenvalue weighted by atomic mass is 16.5. The Hall–Kier alpha value is -3.42. The van der Waals surface area contributed by atoms with E-state index in [4.69, 9.17) is 9.47 Å². The van der Waals surface area contributed by atoms with Crippen molar-refractivity contribution in [1.82, 2.24) is 25.9 Å². The fourth-order valence-electron chi connectivity index (χ4n) is 3.16. The highest BCUT2D eigenvalue weighted by Crippen LogP contribution is 2.36. The molecule has 0 bridgehead atoms. The number of methoxy groups -OCH3 is 1. The number of H-pyrrole nitrogens is 1. The fraction of sp³-hybridized carbons (Fsp3) is 0.263. The van der Waals surface area contributed by atoms with Crippen LogP contribution in [0.15, 0.2) is 42.5 Å². The Morgan fingerprint density at radius 3 is 3.04 bits per heavy atom. The molecular formula is C19H19N5O3. The maximum Gasteiger partial charge on any atom is 0.227 e. The van der Waals surface area contributed by atoms with Crippen LogP contribution in [0.5, 0.6) is 11.5 Å². The van der Waals surface area contributed by atoms with Gasteiger partial charge in [-0.3, -0.25) is 4.79 Å². The van der Waals surface area contributed by atoms with Crippen molar-refractivity contribution in [1.29, 1.82) is 0 Å². The number of carbonyl (C=O) groups is 1. The second-order valence-corrected chi connectivity index (χ2v) is 6.31. The predicted molar refractivity (Wildman–Crippen MR) is 97.1 cm³/mol. The average Bonchev–Trinajstić information content (AvgIpc) is 3.26. The molecule has 0 spiro atoms. The molecule has 2 heterocycles. The van der Waals surface area contributed by atoms with Gasteiger partial charge in [0.15, 0.2) is 11.5 Å². The number of aromatic amines is 1. The molecule has 3 aromatic rings. The maximum atomic E-state index is 12.6. The maximum absolute atomic E-state index is 12.6. The summed E-state index contributed by atoms with van der Waals surface area (Å²) in [6.45, 7) is 0.758. The number of para-hydroxylation sites is 1. The van der Waals surface area contributed by atoms with Crippen molar-refractivity contribution < 1.29 is 14.3 Å². The van der Waals surface area contributed by atoms with Crippen LogP contribution in [0.3, 0.4) is 0 Å². The third-order valence-electron chi connectivity index (χ3n) is 4.54. The van der Waals surface area contributed by atoms with Gasteiger partial charge in [0.1, 0.15) is 6.61 Å². The number of carbonyl (C=O) groups excluding carboxylic acids is 1. The third kappa shape index (κ3) is 3.59. The lowest BCUT2D eigenvalue weighted by molar-refractivity contribution is -0.126. The summed E-state index contributed by atoms with van der Waals surface area (Å²) in [7, 11) is 1.61. The molecule has 1 amide bonds. The first-order chi connectivity index (χ1) is 13.2. The van der Waals surface area contributed by atoms with E-state index in [1.165, 1.54) is 0 Å². The summed E-state index contributed by atoms with van der Waals surface area (Å²) < 4.78 is 11.1. The van der Waals surface area contributed by atoms with Gasteiger partial charge in [0.05, 0.1) is 13.0 Å². The van der Waals surface area contributed by atoms with Crippen LogP contribution < -0.4 is 14.8 Å². The highest BCUT2D eigenvalue weighted by Gasteiger charge is 2.27. The third-order valence-corrected chi connectivity index (χ3v) is 4.54. The van der Waals surface area contributed by atoms with Gasteiger partial charge >= 0.3 is 0 Å². The Kier molecular flexibility index (Phi) is 4.69. The molecule has 0 saturated heterocycles. The van der Waals surface area contributed by atoms with Crippen LogP contribution in [-0.2, 0) is 17.8 Å². The Morgan fingerprint density at radius 2 is 2.22 bits per heavy atom. The van der Waals surface area contributed by atoms with E-state index in [1.54, 1.807) is 7.11 Å². The van der Waals surface area contributed by atoms with E-state index in [2.05, 4.69) is 25.9 Å². The summed E-state index contributed by atoms with van der Waals surface area (Å²) in [5, 5.41) is 16.9. The van der Waals surface area contributed by atoms with Gasteiger partial charge in [0.25, 0.3) is 0 Å². The number of nitrogens with zero attached hydrogens (tertiary/aromatic N) is 3. The number of rotatable bonds is 5. The van der Waals surface area contributed by atoms with Crippen LogP contribution in [0.4, 0.5) is 0 Å². The quantitative estimate of drug-likeness (QED) is 0.714. The van der Waals surface area contributed by atoms with Crippen molar-refractivity contribution in [2.45, 2.75) is 13.0 Å². The highest BCUT2D eigenvalue weighted by molar-refractivity contribution is 5.79. The van der Waals surface area contributed by atoms with E-state index in [-0.39, 0.29) is 11.8 Å². The first-order valence-electron chi connectivity index (χ1n) is 8.63. The van der Waals surface area contributed by atoms with E-state index >= 15 is 0 Å². The molecule has 8 heteroatoms. The van der Waals surface area contributed by atoms with E-state index in [1.807, 2.05) is 42.5 Å². The molecule has 1 atom stereocenters. The number of hydrogen-bond donors (Lipinski definition) is 2. The molecule has 0 saturated carbocycles. The average molecular weight is 365 g/mol. The van der Waals surface area contributed by atoms with E-state index in [0.717, 1.165) is 22.4 Å². The molecule has 27 heavy (non-hydrogen) atoms. The number of ether oxygens (including phenoxy) is 2. The van der Waals surface area contributed by atoms with E-state index in [9.17, 15) is 4.79 Å². The number of nitrogens with one attached hydrogen (secondary N) is 2. The normalized spacial score (nSPS) is 15.5. The summed E-state index contributed by atoms with van der Waals surface area (Å²) in [4.78, 5) is 12.6. The topological polar surface area (TPSA) is 102 Å². The van der Waals surface area contributed by atoms with Crippen LogP contribution in [0.1, 0.15) is 11.1 Å². The van der Waals surface area contributed by atoms with Crippen molar-refractivity contribution in [2.75, 3.05) is 13.7 Å². The van der Waals surface area contributed by atoms with Gasteiger partial charge in [0, 0.05) is 12.1 Å². The SMILES string of the molecule is COc1cccc2c1OC[C@@H](C(=O)NCc1cccc(-c3nn[nH]n3)c1)C2. The molecule has 0 radical (unpaired) electrons. The van der Waals surface area contributed by atoms with Crippen LogP contribution >= 0.6 is 0 Å². The smallest absolute Gasteiger partial charge is 0.227 e. The number of aromatic nitrogens is 4. The van der Waals surface area contributed by atoms with Crippen molar-refractivity contribution in [2.24, 2.45) is 5.92 Å². The zero-order valence-corrected chi connectivity index (χ0v) is 14.8. The summed E-state index contributed by atoms with van der Waals surface area (Å²) >= 11 is 0. The van der Waals surface area contributed by atoms with Crippen LogP contribution in [0.2, 0.25) is 0 Å². The van der Waals surface area contributed by atoms with Gasteiger partial charge in [0.2, 0.25) is 11.7 Å². The van der Waals surface area contributed by atoms with Gasteiger partial charge in [-0.2, -0.15) is 5.21 Å². The molecule has 2 aromatic carbocycles. The number of benzene rings is 2. The van der Waals surface area contributed by atoms with Crippen LogP contribution in [0.25, 0.3) is 11.4 Å². The molecule has 4 rings (SSSR count). The summed E-state index contributed by atoms with van der Waals surface area (Å²) in [5.74, 6) is 1.69. The first kappa shape index (κ1) is 17.0. The lowest BCUT2D eigenvalue weighted by atomic mass is 9.95. The van der Waals surface area contributed by atoms with Gasteiger partial charge < -0.3 is 14.8 Å². The standard InChI is InChI=1S/C19H19N5O3/c1-26-16-7-3-5-13-9-15(11-27-17(13)16)19(25)20-10-12-4-2-6-14(8-12)18-21-23-24-22-18/h2-8,15H,9-11H2,1H3,(H,20,25)(H,21,22,23,24)/t15-/m0/s1. The largest absolute Gasteiger partial charge is 0.493 e. The van der Waals surface area contributed by atoms with Gasteiger partial charge in [-0.15, -0.1) is 10.2 Å². The second kappa shape index (κ2) is 7.45. The summed E-state index contributed by atoms with van der Waals surface area (Å²) in [5.41, 5.74) is 2.79. The molecule has 1 aromatic heterocycles. The predicted octanol–water partition coefficient (Wildman–Crippen LogP) is 1.74. The molecule has 0 unspecified atom stereocenters. The lowest BCUT2D eigenvalue weighted by Gasteiger charge is -2.25. The molecular weight excluding hydrogens is 346 g/mol. The first-order valence-corrected chi connectivity index (χ1v) is 8.63. The van der Waals surface area contributed by atoms with Crippen LogP contribution in [0, 0.1) is 5.92 Å². The van der Waals surface area contributed by atoms with Crippen molar-refractivity contribution >= 4 is 5.91 Å². The van der Waals surface area contributed by atoms with Crippen molar-refractivity contribution in [3.05, 3.63) is 53.6 Å². The molecule has 1 aliphatic heterocycles. The number of amides is 1. The summed E-state index contributed by atoms with van der Waals surface area (Å²) in [6, 6.07) is 13.4. The van der Waals surface area contributed by atoms with Crippen molar-refractivity contribution in [3.8, 4) is 22.9 Å². The Balaban J connectivity index is 1.40. The molecule has 138 valence electrons. The Morgan fingerprint density at radius 1 is 1.33 bits per heavy atom. The fourth-order valence-corrected chi connectivity index (χ4v) is 3.16. The summed E-state index contributed by atoms with van der Waals surface area (Å²) in [6.07, 6.45) is 0.626. The molecule has 8 nitrogen and oxygen atoms in total. The van der Waals surface area contributed by atoms with Gasteiger partial charge in [-0.05, 0) is 34.9 Å². The lowest BCUT2D eigenvalue weighted by Crippen LogP contribution is -2.37. The molecule has 0 fully saturated rings. The van der Waals surface area contributed by atoms with E-state index < -0.39 is 0 Å². The number of fused-ring (bicyclic) bond motifs is 1. The number of tetrazole rings is 1. The minimum absolute atomic E-state index is 0.0339. The van der Waals surface area contributed by atoms with Gasteiger partial charge in [-0.25, -0.2) is 0 Å². The minimum Gasteiger partial charge on any atom is -0.493 e. The molecule has 0 aliphatic carbocycles.